The van der Waals surface area contributed by atoms with Crippen molar-refractivity contribution < 1.29 is 9.53 Å². The number of aromatic nitrogens is 1. The number of amides is 1. The predicted octanol–water partition coefficient (Wildman–Crippen LogP) is 2.11. The van der Waals surface area contributed by atoms with Gasteiger partial charge in [0.25, 0.3) is 0 Å². The van der Waals surface area contributed by atoms with E-state index in [2.05, 4.69) is 23.2 Å². The highest BCUT2D eigenvalue weighted by Gasteiger charge is 2.47. The van der Waals surface area contributed by atoms with Crippen molar-refractivity contribution in [3.8, 4) is 0 Å². The summed E-state index contributed by atoms with van der Waals surface area (Å²) in [4.78, 5) is 16.5. The van der Waals surface area contributed by atoms with Gasteiger partial charge in [-0.25, -0.2) is 4.79 Å². The fourth-order valence-corrected chi connectivity index (χ4v) is 2.44. The lowest BCUT2D eigenvalue weighted by atomic mass is 9.74. The predicted molar refractivity (Wildman–Crippen MR) is 87.6 cm³/mol. The van der Waals surface area contributed by atoms with E-state index in [-0.39, 0.29) is 18.2 Å². The van der Waals surface area contributed by atoms with E-state index >= 15 is 0 Å². The molecule has 1 aromatic carbocycles. The Bertz CT molecular complexity index is 639. The van der Waals surface area contributed by atoms with Crippen molar-refractivity contribution in [3.63, 3.8) is 0 Å². The van der Waals surface area contributed by atoms with Crippen LogP contribution in [0.2, 0.25) is 6.82 Å². The lowest BCUT2D eigenvalue weighted by molar-refractivity contribution is 0.134. The fraction of sp³-hybridized carbons (Fsp3) is 0.294. The molecule has 2 aromatic rings. The van der Waals surface area contributed by atoms with Crippen LogP contribution in [0.3, 0.4) is 0 Å². The number of hydrogen-bond donors (Lipinski definition) is 1. The molecule has 3 rings (SSSR count). The van der Waals surface area contributed by atoms with Crippen LogP contribution in [0.15, 0.2) is 48.7 Å². The number of pyridine rings is 1. The molecule has 1 amide bonds. The highest BCUT2D eigenvalue weighted by atomic mass is 16.5. The fourth-order valence-electron chi connectivity index (χ4n) is 2.44. The highest BCUT2D eigenvalue weighted by molar-refractivity contribution is 6.51. The SMILES string of the molecule is CBc1ccc(C2(NC(=O)OCc3ccccc3)CC2)nc1. The number of ether oxygens (including phenoxy) is 1. The van der Waals surface area contributed by atoms with Crippen LogP contribution in [0.5, 0.6) is 0 Å². The van der Waals surface area contributed by atoms with Crippen LogP contribution >= 0.6 is 0 Å². The molecule has 1 saturated carbocycles. The molecular weight excluding hydrogens is 275 g/mol. The molecule has 5 heteroatoms. The second-order valence-electron chi connectivity index (χ2n) is 5.67. The zero-order valence-electron chi connectivity index (χ0n) is 12.7. The van der Waals surface area contributed by atoms with E-state index in [1.807, 2.05) is 42.6 Å². The van der Waals surface area contributed by atoms with Gasteiger partial charge in [-0.05, 0) is 24.5 Å². The summed E-state index contributed by atoms with van der Waals surface area (Å²) in [6, 6.07) is 13.7. The Morgan fingerprint density at radius 1 is 1.27 bits per heavy atom. The minimum atomic E-state index is -0.386. The van der Waals surface area contributed by atoms with Crippen LogP contribution in [0.25, 0.3) is 0 Å². The lowest BCUT2D eigenvalue weighted by Crippen LogP contribution is -2.36. The Morgan fingerprint density at radius 2 is 2.05 bits per heavy atom. The van der Waals surface area contributed by atoms with Crippen LogP contribution in [0.1, 0.15) is 24.1 Å². The summed E-state index contributed by atoms with van der Waals surface area (Å²) in [5.41, 5.74) is 2.76. The molecule has 22 heavy (non-hydrogen) atoms. The number of alkyl carbamates (subject to hydrolysis) is 1. The Morgan fingerprint density at radius 3 is 2.64 bits per heavy atom. The number of carbonyl (C=O) groups is 1. The standard InChI is InChI=1S/C17H19BN2O2/c1-18-14-7-8-15(19-11-14)17(9-10-17)20-16(21)22-12-13-5-3-2-4-6-13/h2-8,11,18H,9-10,12H2,1H3,(H,20,21). The van der Waals surface area contributed by atoms with E-state index < -0.39 is 0 Å². The van der Waals surface area contributed by atoms with Gasteiger partial charge in [0, 0.05) is 6.20 Å². The molecular formula is C17H19BN2O2. The molecule has 1 aliphatic carbocycles. The Labute approximate surface area is 131 Å². The van der Waals surface area contributed by atoms with Gasteiger partial charge in [0.15, 0.2) is 7.28 Å². The van der Waals surface area contributed by atoms with Crippen LogP contribution < -0.4 is 10.8 Å². The third-order valence-corrected chi connectivity index (χ3v) is 4.03. The Kier molecular flexibility index (Phi) is 4.14. The van der Waals surface area contributed by atoms with Gasteiger partial charge < -0.3 is 10.1 Å². The largest absolute Gasteiger partial charge is 0.445 e. The van der Waals surface area contributed by atoms with Crippen molar-refractivity contribution in [2.75, 3.05) is 0 Å². The Balaban J connectivity index is 1.58. The van der Waals surface area contributed by atoms with Crippen molar-refractivity contribution in [1.82, 2.24) is 10.3 Å². The first-order valence-electron chi connectivity index (χ1n) is 7.66. The van der Waals surface area contributed by atoms with Gasteiger partial charge in [0.1, 0.15) is 6.61 Å². The summed E-state index contributed by atoms with van der Waals surface area (Å²) < 4.78 is 5.29. The average molecular weight is 294 g/mol. The molecule has 0 unspecified atom stereocenters. The first-order chi connectivity index (χ1) is 10.7. The summed E-state index contributed by atoms with van der Waals surface area (Å²) >= 11 is 0. The van der Waals surface area contributed by atoms with Gasteiger partial charge in [0.2, 0.25) is 0 Å². The van der Waals surface area contributed by atoms with Gasteiger partial charge in [-0.1, -0.05) is 48.7 Å². The molecule has 1 N–H and O–H groups in total. The van der Waals surface area contributed by atoms with E-state index in [9.17, 15) is 4.79 Å². The molecule has 1 aromatic heterocycles. The quantitative estimate of drug-likeness (QED) is 0.859. The summed E-state index contributed by atoms with van der Waals surface area (Å²) in [5, 5.41) is 2.97. The number of carbonyl (C=O) groups excluding carboxylic acids is 1. The molecule has 0 atom stereocenters. The maximum Gasteiger partial charge on any atom is 0.408 e. The van der Waals surface area contributed by atoms with Gasteiger partial charge >= 0.3 is 6.09 Å². The minimum absolute atomic E-state index is 0.283. The zero-order valence-corrected chi connectivity index (χ0v) is 12.7. The number of nitrogens with one attached hydrogen (secondary N) is 1. The molecule has 4 nitrogen and oxygen atoms in total. The van der Waals surface area contributed by atoms with Gasteiger partial charge in [0.05, 0.1) is 11.2 Å². The topological polar surface area (TPSA) is 51.2 Å². The summed E-state index contributed by atoms with van der Waals surface area (Å²) in [6.45, 7) is 2.38. The van der Waals surface area contributed by atoms with Crippen LogP contribution in [0.4, 0.5) is 4.79 Å². The normalized spacial score (nSPS) is 15.0. The highest BCUT2D eigenvalue weighted by Crippen LogP contribution is 2.44. The number of nitrogens with zero attached hydrogens (tertiary/aromatic N) is 1. The second kappa shape index (κ2) is 6.22. The van der Waals surface area contributed by atoms with E-state index in [1.54, 1.807) is 0 Å². The second-order valence-corrected chi connectivity index (χ2v) is 5.67. The van der Waals surface area contributed by atoms with Crippen molar-refractivity contribution in [2.24, 2.45) is 0 Å². The van der Waals surface area contributed by atoms with Crippen LogP contribution in [0, 0.1) is 0 Å². The molecule has 1 fully saturated rings. The molecule has 1 heterocycles. The summed E-state index contributed by atoms with van der Waals surface area (Å²) in [7, 11) is 0.965. The third-order valence-electron chi connectivity index (χ3n) is 4.03. The summed E-state index contributed by atoms with van der Waals surface area (Å²) in [5.74, 6) is 0. The number of rotatable bonds is 5. The van der Waals surface area contributed by atoms with Gasteiger partial charge in [-0.2, -0.15) is 0 Å². The van der Waals surface area contributed by atoms with E-state index in [0.717, 1.165) is 31.4 Å². The molecule has 0 saturated heterocycles. The first-order valence-corrected chi connectivity index (χ1v) is 7.66. The van der Waals surface area contributed by atoms with Crippen LogP contribution in [-0.2, 0) is 16.9 Å². The zero-order chi connectivity index (χ0) is 15.4. The maximum atomic E-state index is 12.0. The van der Waals surface area contributed by atoms with Crippen molar-refractivity contribution in [2.45, 2.75) is 31.8 Å². The molecule has 0 radical (unpaired) electrons. The Hall–Kier alpha value is -2.30. The molecule has 112 valence electrons. The van der Waals surface area contributed by atoms with Crippen molar-refractivity contribution in [3.05, 3.63) is 59.9 Å². The third kappa shape index (κ3) is 3.30. The van der Waals surface area contributed by atoms with Crippen LogP contribution in [-0.4, -0.2) is 18.4 Å². The number of benzene rings is 1. The monoisotopic (exact) mass is 294 g/mol. The van der Waals surface area contributed by atoms with Gasteiger partial charge in [-0.15, -0.1) is 0 Å². The number of hydrogen-bond acceptors (Lipinski definition) is 3. The summed E-state index contributed by atoms with van der Waals surface area (Å²) in [6.07, 6.45) is 3.31. The maximum absolute atomic E-state index is 12.0. The lowest BCUT2D eigenvalue weighted by Gasteiger charge is -2.17. The molecule has 0 aliphatic heterocycles. The molecule has 0 bridgehead atoms. The smallest absolute Gasteiger partial charge is 0.408 e. The molecule has 1 aliphatic rings. The van der Waals surface area contributed by atoms with E-state index in [4.69, 9.17) is 4.74 Å². The van der Waals surface area contributed by atoms with Gasteiger partial charge in [-0.3, -0.25) is 4.98 Å². The van der Waals surface area contributed by atoms with Crippen molar-refractivity contribution >= 4 is 18.8 Å². The van der Waals surface area contributed by atoms with Crippen molar-refractivity contribution in [1.29, 1.82) is 0 Å². The van der Waals surface area contributed by atoms with E-state index in [0.29, 0.717) is 0 Å². The van der Waals surface area contributed by atoms with E-state index in [1.165, 1.54) is 5.46 Å². The first kappa shape index (κ1) is 14.6. The molecule has 0 spiro atoms. The minimum Gasteiger partial charge on any atom is -0.445 e. The average Bonchev–Trinajstić information content (AvgIpc) is 3.35.